The van der Waals surface area contributed by atoms with Crippen LogP contribution in [-0.2, 0) is 0 Å². The fraction of sp³-hybridized carbons (Fsp3) is 0.500. The van der Waals surface area contributed by atoms with Crippen molar-refractivity contribution in [2.75, 3.05) is 0 Å². The van der Waals surface area contributed by atoms with Gasteiger partial charge < -0.3 is 5.11 Å². The Morgan fingerprint density at radius 3 is 2.50 bits per heavy atom. The van der Waals surface area contributed by atoms with Crippen molar-refractivity contribution in [3.8, 4) is 0 Å². The van der Waals surface area contributed by atoms with E-state index in [1.165, 1.54) is 17.4 Å². The molecule has 0 aliphatic heterocycles. The summed E-state index contributed by atoms with van der Waals surface area (Å²) in [6, 6.07) is 4.86. The maximum atomic E-state index is 12.2. The Kier molecular flexibility index (Phi) is 5.35. The lowest BCUT2D eigenvalue weighted by Crippen LogP contribution is -2.19. The molecule has 0 atom stereocenters. The van der Waals surface area contributed by atoms with E-state index in [0.717, 1.165) is 6.42 Å². The molecule has 0 spiro atoms. The number of Topliss-reactive ketones (excluding diaryl/α,β-unsaturated/α-hetero) is 1. The quantitative estimate of drug-likeness (QED) is 0.349. The van der Waals surface area contributed by atoms with E-state index in [-0.39, 0.29) is 11.5 Å². The lowest BCUT2D eigenvalue weighted by molar-refractivity contribution is 0.102. The average Bonchev–Trinajstić information content (AvgIpc) is 2.74. The highest BCUT2D eigenvalue weighted by atomic mass is 32.1. The number of carbonyl (C=O) groups is 1. The van der Waals surface area contributed by atoms with Crippen LogP contribution in [0.1, 0.15) is 29.4 Å². The minimum absolute atomic E-state index is 0.0134. The highest BCUT2D eigenvalue weighted by Crippen LogP contribution is 2.22. The first kappa shape index (κ1) is 15.2. The van der Waals surface area contributed by atoms with Gasteiger partial charge in [0, 0.05) is 13.6 Å². The Morgan fingerprint density at radius 1 is 1.39 bits per heavy atom. The van der Waals surface area contributed by atoms with Crippen LogP contribution in [0.5, 0.6) is 0 Å². The first-order valence-corrected chi connectivity index (χ1v) is 10.9. The van der Waals surface area contributed by atoms with Crippen LogP contribution in [0, 0.1) is 0 Å². The fourth-order valence-corrected chi connectivity index (χ4v) is 3.74. The van der Waals surface area contributed by atoms with Crippen molar-refractivity contribution >= 4 is 25.2 Å². The van der Waals surface area contributed by atoms with Gasteiger partial charge in [0.1, 0.15) is 0 Å². The van der Waals surface area contributed by atoms with E-state index in [1.807, 2.05) is 17.5 Å². The number of allylic oxidation sites excluding steroid dienone is 2. The van der Waals surface area contributed by atoms with Gasteiger partial charge in [0.15, 0.2) is 0 Å². The number of aliphatic hydroxyl groups is 1. The van der Waals surface area contributed by atoms with Crippen molar-refractivity contribution in [2.45, 2.75) is 45.5 Å². The second-order valence-corrected chi connectivity index (χ2v) is 12.4. The van der Waals surface area contributed by atoms with Crippen LogP contribution in [0.3, 0.4) is 0 Å². The summed E-state index contributed by atoms with van der Waals surface area (Å²) in [5.74, 6) is 0.157. The molecule has 0 saturated heterocycles. The molecular weight excluding hydrogens is 260 g/mol. The van der Waals surface area contributed by atoms with Crippen molar-refractivity contribution in [1.82, 2.24) is 0 Å². The summed E-state index contributed by atoms with van der Waals surface area (Å²) < 4.78 is 0. The lowest BCUT2D eigenvalue weighted by atomic mass is 10.0. The van der Waals surface area contributed by atoms with E-state index in [1.54, 1.807) is 6.92 Å². The van der Waals surface area contributed by atoms with Gasteiger partial charge in [0.2, 0.25) is 5.78 Å². The van der Waals surface area contributed by atoms with E-state index in [0.29, 0.717) is 16.9 Å². The molecule has 0 bridgehead atoms. The third-order valence-corrected chi connectivity index (χ3v) is 5.53. The third kappa shape index (κ3) is 4.78. The minimum atomic E-state index is -1.07. The number of hydrogen-bond acceptors (Lipinski definition) is 3. The first-order valence-electron chi connectivity index (χ1n) is 6.28. The van der Waals surface area contributed by atoms with Crippen LogP contribution < -0.4 is 0 Å². The summed E-state index contributed by atoms with van der Waals surface area (Å²) in [6.45, 7) is 8.57. The summed E-state index contributed by atoms with van der Waals surface area (Å²) in [4.78, 5) is 12.9. The zero-order valence-corrected chi connectivity index (χ0v) is 13.4. The maximum absolute atomic E-state index is 12.2. The van der Waals surface area contributed by atoms with Gasteiger partial charge in [-0.05, 0) is 24.8 Å². The van der Waals surface area contributed by atoms with Crippen molar-refractivity contribution in [3.63, 3.8) is 0 Å². The van der Waals surface area contributed by atoms with E-state index in [2.05, 4.69) is 19.6 Å². The van der Waals surface area contributed by atoms with Gasteiger partial charge in [0.05, 0.1) is 10.6 Å². The standard InChI is InChI=1S/C14H22O2SSi/c1-11(15)12(7-6-10-18(2,3)4)14(16)13-8-5-9-17-13/h5,8-9,15H,6-7,10H2,1-4H3/b12-11-. The average molecular weight is 282 g/mol. The molecule has 0 unspecified atom stereocenters. The van der Waals surface area contributed by atoms with Crippen molar-refractivity contribution in [1.29, 1.82) is 0 Å². The van der Waals surface area contributed by atoms with Gasteiger partial charge >= 0.3 is 0 Å². The summed E-state index contributed by atoms with van der Waals surface area (Å²) in [5, 5.41) is 11.6. The summed E-state index contributed by atoms with van der Waals surface area (Å²) in [6.07, 6.45) is 1.67. The molecule has 100 valence electrons. The topological polar surface area (TPSA) is 37.3 Å². The molecule has 1 rings (SSSR count). The largest absolute Gasteiger partial charge is 0.512 e. The highest BCUT2D eigenvalue weighted by molar-refractivity contribution is 7.12. The first-order chi connectivity index (χ1) is 8.31. The molecular formula is C14H22O2SSi. The number of ketones is 1. The zero-order valence-electron chi connectivity index (χ0n) is 11.6. The fourth-order valence-electron chi connectivity index (χ4n) is 1.81. The van der Waals surface area contributed by atoms with Crippen LogP contribution in [0.2, 0.25) is 25.7 Å². The Morgan fingerprint density at radius 2 is 2.06 bits per heavy atom. The van der Waals surface area contributed by atoms with Gasteiger partial charge in [-0.15, -0.1) is 11.3 Å². The van der Waals surface area contributed by atoms with Crippen LogP contribution in [-0.4, -0.2) is 19.0 Å². The van der Waals surface area contributed by atoms with E-state index >= 15 is 0 Å². The Bertz CT molecular complexity index is 423. The molecule has 0 fully saturated rings. The number of carbonyl (C=O) groups excluding carboxylic acids is 1. The monoisotopic (exact) mass is 282 g/mol. The Hall–Kier alpha value is -0.873. The number of hydrogen-bond donors (Lipinski definition) is 1. The Labute approximate surface area is 114 Å². The number of rotatable bonds is 6. The molecule has 0 aliphatic carbocycles. The van der Waals surface area contributed by atoms with Gasteiger partial charge in [-0.1, -0.05) is 38.2 Å². The second-order valence-electron chi connectivity index (χ2n) is 5.78. The smallest absolute Gasteiger partial charge is 0.202 e. The lowest BCUT2D eigenvalue weighted by Gasteiger charge is -2.15. The van der Waals surface area contributed by atoms with Crippen LogP contribution in [0.15, 0.2) is 28.8 Å². The zero-order chi connectivity index (χ0) is 13.8. The van der Waals surface area contributed by atoms with Crippen molar-refractivity contribution < 1.29 is 9.90 Å². The second kappa shape index (κ2) is 6.34. The van der Waals surface area contributed by atoms with E-state index in [9.17, 15) is 9.90 Å². The number of thiophene rings is 1. The summed E-state index contributed by atoms with van der Waals surface area (Å²) in [5.41, 5.74) is 0.579. The molecule has 4 heteroatoms. The molecule has 0 saturated carbocycles. The van der Waals surface area contributed by atoms with Crippen molar-refractivity contribution in [3.05, 3.63) is 33.7 Å². The molecule has 0 aromatic carbocycles. The van der Waals surface area contributed by atoms with E-state index in [4.69, 9.17) is 0 Å². The summed E-state index contributed by atoms with van der Waals surface area (Å²) in [7, 11) is -1.07. The van der Waals surface area contributed by atoms with Crippen LogP contribution in [0.25, 0.3) is 0 Å². The van der Waals surface area contributed by atoms with Crippen LogP contribution in [0.4, 0.5) is 0 Å². The maximum Gasteiger partial charge on any atom is 0.202 e. The van der Waals surface area contributed by atoms with Gasteiger partial charge in [-0.3, -0.25) is 4.79 Å². The van der Waals surface area contributed by atoms with Gasteiger partial charge in [0.25, 0.3) is 0 Å². The molecule has 18 heavy (non-hydrogen) atoms. The SMILES string of the molecule is C/C(O)=C(\CCC[Si](C)(C)C)C(=O)c1cccs1. The van der Waals surface area contributed by atoms with Gasteiger partial charge in [-0.25, -0.2) is 0 Å². The van der Waals surface area contributed by atoms with Crippen LogP contribution >= 0.6 is 11.3 Å². The molecule has 0 amide bonds. The van der Waals surface area contributed by atoms with Gasteiger partial charge in [-0.2, -0.15) is 0 Å². The molecule has 1 aromatic heterocycles. The molecule has 1 heterocycles. The number of aliphatic hydroxyl groups excluding tert-OH is 1. The molecule has 1 aromatic rings. The molecule has 2 nitrogen and oxygen atoms in total. The normalized spacial score (nSPS) is 13.3. The minimum Gasteiger partial charge on any atom is -0.512 e. The molecule has 0 aliphatic rings. The summed E-state index contributed by atoms with van der Waals surface area (Å²) >= 11 is 1.43. The van der Waals surface area contributed by atoms with Crippen molar-refractivity contribution in [2.24, 2.45) is 0 Å². The Balaban J connectivity index is 2.69. The predicted molar refractivity (Wildman–Crippen MR) is 81.4 cm³/mol. The molecule has 0 radical (unpaired) electrons. The predicted octanol–water partition coefficient (Wildman–Crippen LogP) is 4.88. The van der Waals surface area contributed by atoms with E-state index < -0.39 is 8.07 Å². The highest BCUT2D eigenvalue weighted by Gasteiger charge is 2.18. The molecule has 1 N–H and O–H groups in total. The third-order valence-electron chi connectivity index (χ3n) is 2.81.